The molecule has 0 saturated carbocycles. The minimum absolute atomic E-state index is 0.0938. The van der Waals surface area contributed by atoms with Gasteiger partial charge < -0.3 is 9.47 Å². The van der Waals surface area contributed by atoms with Gasteiger partial charge in [-0.05, 0) is 27.7 Å². The third-order valence-electron chi connectivity index (χ3n) is 1.29. The molecule has 2 nitrogen and oxygen atoms in total. The minimum atomic E-state index is -0.372. The van der Waals surface area contributed by atoms with Crippen molar-refractivity contribution in [2.45, 2.75) is 52.9 Å². The highest BCUT2D eigenvalue weighted by molar-refractivity contribution is 4.78. The molecule has 2 heteroatoms. The van der Waals surface area contributed by atoms with E-state index < -0.39 is 0 Å². The maximum absolute atomic E-state index is 5.51. The first-order valence-corrected chi connectivity index (χ1v) is 4.25. The van der Waals surface area contributed by atoms with E-state index in [9.17, 15) is 0 Å². The summed E-state index contributed by atoms with van der Waals surface area (Å²) in [5, 5.41) is 0. The van der Waals surface area contributed by atoms with Crippen LogP contribution in [0.25, 0.3) is 0 Å². The van der Waals surface area contributed by atoms with Crippen molar-refractivity contribution in [3.8, 4) is 0 Å². The fourth-order valence-electron chi connectivity index (χ4n) is 1.07. The van der Waals surface area contributed by atoms with Crippen molar-refractivity contribution in [3.05, 3.63) is 0 Å². The maximum atomic E-state index is 5.51. The highest BCUT2D eigenvalue weighted by Crippen LogP contribution is 2.29. The second-order valence-electron chi connectivity index (χ2n) is 3.55. The van der Waals surface area contributed by atoms with Crippen molar-refractivity contribution < 1.29 is 9.47 Å². The summed E-state index contributed by atoms with van der Waals surface area (Å²) in [7, 11) is 0. The Morgan fingerprint density at radius 1 is 1.00 bits per heavy atom. The van der Waals surface area contributed by atoms with E-state index in [2.05, 4.69) is 0 Å². The Balaban J connectivity index is 0.000000461. The lowest BCUT2D eigenvalue weighted by Gasteiger charge is -2.20. The molecule has 1 fully saturated rings. The van der Waals surface area contributed by atoms with E-state index in [0.717, 1.165) is 0 Å². The van der Waals surface area contributed by atoms with Crippen molar-refractivity contribution in [3.63, 3.8) is 0 Å². The van der Waals surface area contributed by atoms with E-state index in [1.807, 2.05) is 41.5 Å². The third-order valence-corrected chi connectivity index (χ3v) is 1.29. The molecule has 0 unspecified atom stereocenters. The molecule has 0 aromatic rings. The highest BCUT2D eigenvalue weighted by atomic mass is 16.7. The average molecular weight is 160 g/mol. The molecule has 1 aliphatic rings. The standard InChI is InChI=1S/C7H14O2.C2H6/c1-6(2)5-8-7(3,4)9-6;1-2/h5H2,1-4H3;1-2H3. The van der Waals surface area contributed by atoms with Crippen LogP contribution in [-0.4, -0.2) is 18.0 Å². The summed E-state index contributed by atoms with van der Waals surface area (Å²) in [6.07, 6.45) is 0. The van der Waals surface area contributed by atoms with E-state index in [1.54, 1.807) is 0 Å². The van der Waals surface area contributed by atoms with Crippen molar-refractivity contribution in [1.29, 1.82) is 0 Å². The average Bonchev–Trinajstić information content (AvgIpc) is 2.10. The molecule has 0 aromatic carbocycles. The predicted octanol–water partition coefficient (Wildman–Crippen LogP) is 2.57. The zero-order valence-corrected chi connectivity index (χ0v) is 8.52. The van der Waals surface area contributed by atoms with Crippen LogP contribution in [0.4, 0.5) is 0 Å². The van der Waals surface area contributed by atoms with Crippen LogP contribution in [0.3, 0.4) is 0 Å². The second-order valence-corrected chi connectivity index (χ2v) is 3.55. The lowest BCUT2D eigenvalue weighted by molar-refractivity contribution is -0.153. The first kappa shape index (κ1) is 10.9. The van der Waals surface area contributed by atoms with Crippen LogP contribution in [0, 0.1) is 0 Å². The molecule has 0 amide bonds. The normalized spacial score (nSPS) is 25.6. The summed E-state index contributed by atoms with van der Waals surface area (Å²) in [4.78, 5) is 0. The summed E-state index contributed by atoms with van der Waals surface area (Å²) in [6, 6.07) is 0. The molecule has 0 N–H and O–H groups in total. The Hall–Kier alpha value is -0.0800. The molecule has 1 saturated heterocycles. The van der Waals surface area contributed by atoms with E-state index >= 15 is 0 Å². The number of ether oxygens (including phenoxy) is 2. The summed E-state index contributed by atoms with van der Waals surface area (Å²) >= 11 is 0. The van der Waals surface area contributed by atoms with Gasteiger partial charge in [-0.1, -0.05) is 13.8 Å². The molecule has 0 atom stereocenters. The Morgan fingerprint density at radius 3 is 1.55 bits per heavy atom. The molecule has 0 aliphatic carbocycles. The number of rotatable bonds is 0. The first-order valence-electron chi connectivity index (χ1n) is 4.25. The Labute approximate surface area is 69.9 Å². The summed E-state index contributed by atoms with van der Waals surface area (Å²) in [6.45, 7) is 12.6. The van der Waals surface area contributed by atoms with Crippen LogP contribution < -0.4 is 0 Å². The van der Waals surface area contributed by atoms with Crippen LogP contribution in [0.2, 0.25) is 0 Å². The molecule has 1 heterocycles. The van der Waals surface area contributed by atoms with E-state index in [4.69, 9.17) is 9.47 Å². The molecule has 1 rings (SSSR count). The van der Waals surface area contributed by atoms with Gasteiger partial charge in [0.1, 0.15) is 0 Å². The number of hydrogen-bond donors (Lipinski definition) is 0. The lowest BCUT2D eigenvalue weighted by atomic mass is 10.2. The molecule has 1 aliphatic heterocycles. The van der Waals surface area contributed by atoms with Crippen LogP contribution >= 0.6 is 0 Å². The number of hydrogen-bond acceptors (Lipinski definition) is 2. The maximum Gasteiger partial charge on any atom is 0.163 e. The van der Waals surface area contributed by atoms with Crippen molar-refractivity contribution >= 4 is 0 Å². The van der Waals surface area contributed by atoms with E-state index in [0.29, 0.717) is 6.61 Å². The molecule has 0 aromatic heterocycles. The summed E-state index contributed by atoms with van der Waals surface area (Å²) < 4.78 is 10.8. The molecule has 11 heavy (non-hydrogen) atoms. The molecule has 0 radical (unpaired) electrons. The van der Waals surface area contributed by atoms with Gasteiger partial charge in [0.2, 0.25) is 0 Å². The first-order chi connectivity index (χ1) is 4.91. The molecule has 0 bridgehead atoms. The predicted molar refractivity (Wildman–Crippen MR) is 46.5 cm³/mol. The van der Waals surface area contributed by atoms with Gasteiger partial charge in [-0.3, -0.25) is 0 Å². The quantitative estimate of drug-likeness (QED) is 0.542. The molecular formula is C9H20O2. The fraction of sp³-hybridized carbons (Fsp3) is 1.00. The Morgan fingerprint density at radius 2 is 1.45 bits per heavy atom. The van der Waals surface area contributed by atoms with Gasteiger partial charge in [-0.15, -0.1) is 0 Å². The molecule has 0 spiro atoms. The van der Waals surface area contributed by atoms with Crippen LogP contribution in [-0.2, 0) is 9.47 Å². The Kier molecular flexibility index (Phi) is 3.52. The summed E-state index contributed by atoms with van der Waals surface area (Å²) in [5.41, 5.74) is -0.0938. The van der Waals surface area contributed by atoms with Crippen molar-refractivity contribution in [1.82, 2.24) is 0 Å². The van der Waals surface area contributed by atoms with Crippen molar-refractivity contribution in [2.24, 2.45) is 0 Å². The van der Waals surface area contributed by atoms with Gasteiger partial charge in [0.15, 0.2) is 5.79 Å². The van der Waals surface area contributed by atoms with Gasteiger partial charge >= 0.3 is 0 Å². The van der Waals surface area contributed by atoms with Gasteiger partial charge in [0, 0.05) is 0 Å². The Bertz CT molecular complexity index is 103. The third kappa shape index (κ3) is 3.73. The lowest BCUT2D eigenvalue weighted by Crippen LogP contribution is -2.26. The van der Waals surface area contributed by atoms with Gasteiger partial charge in [0.25, 0.3) is 0 Å². The monoisotopic (exact) mass is 160 g/mol. The van der Waals surface area contributed by atoms with E-state index in [1.165, 1.54) is 0 Å². The molecule has 68 valence electrons. The fourth-order valence-corrected chi connectivity index (χ4v) is 1.07. The molecular weight excluding hydrogens is 140 g/mol. The summed E-state index contributed by atoms with van der Waals surface area (Å²) in [5.74, 6) is -0.372. The van der Waals surface area contributed by atoms with Crippen molar-refractivity contribution in [2.75, 3.05) is 6.61 Å². The highest BCUT2D eigenvalue weighted by Gasteiger charge is 2.37. The van der Waals surface area contributed by atoms with Gasteiger partial charge in [-0.25, -0.2) is 0 Å². The largest absolute Gasteiger partial charge is 0.348 e. The SMILES string of the molecule is CC.CC1(C)COC(C)(C)O1. The van der Waals surface area contributed by atoms with Gasteiger partial charge in [0.05, 0.1) is 12.2 Å². The van der Waals surface area contributed by atoms with E-state index in [-0.39, 0.29) is 11.4 Å². The van der Waals surface area contributed by atoms with Crippen LogP contribution in [0.1, 0.15) is 41.5 Å². The second kappa shape index (κ2) is 3.55. The van der Waals surface area contributed by atoms with Gasteiger partial charge in [-0.2, -0.15) is 0 Å². The topological polar surface area (TPSA) is 18.5 Å². The smallest absolute Gasteiger partial charge is 0.163 e. The zero-order valence-electron chi connectivity index (χ0n) is 8.52. The van der Waals surface area contributed by atoms with Crippen LogP contribution in [0.15, 0.2) is 0 Å². The zero-order chi connectivity index (χ0) is 9.12. The minimum Gasteiger partial charge on any atom is -0.348 e. The van der Waals surface area contributed by atoms with Crippen LogP contribution in [0.5, 0.6) is 0 Å².